The summed E-state index contributed by atoms with van der Waals surface area (Å²) in [5, 5.41) is 3.21. The first-order valence-corrected chi connectivity index (χ1v) is 7.10. The van der Waals surface area contributed by atoms with E-state index in [1.165, 1.54) is 6.07 Å². The standard InChI is InChI=1S/C16H14F3N3O/c17-16(18,19)14-4-3-12(10-22-14)23-13-2-1-7-21-15(13)11-5-8-20-9-6-11/h1-5,7,10,20H,6,8-9H2. The zero-order valence-electron chi connectivity index (χ0n) is 12.1. The Morgan fingerprint density at radius 1 is 1.13 bits per heavy atom. The van der Waals surface area contributed by atoms with Crippen LogP contribution in [-0.4, -0.2) is 23.1 Å². The highest BCUT2D eigenvalue weighted by atomic mass is 19.4. The third-order valence-corrected chi connectivity index (χ3v) is 3.39. The van der Waals surface area contributed by atoms with Gasteiger partial charge in [0.1, 0.15) is 17.1 Å². The smallest absolute Gasteiger partial charge is 0.433 e. The van der Waals surface area contributed by atoms with E-state index in [-0.39, 0.29) is 5.75 Å². The van der Waals surface area contributed by atoms with E-state index in [0.29, 0.717) is 11.4 Å². The van der Waals surface area contributed by atoms with Gasteiger partial charge in [0.25, 0.3) is 0 Å². The molecule has 0 atom stereocenters. The number of rotatable bonds is 3. The Hall–Kier alpha value is -2.41. The Morgan fingerprint density at radius 3 is 2.65 bits per heavy atom. The number of hydrogen-bond acceptors (Lipinski definition) is 4. The van der Waals surface area contributed by atoms with Gasteiger partial charge in [-0.25, -0.2) is 4.98 Å². The summed E-state index contributed by atoms with van der Waals surface area (Å²) in [6.45, 7) is 1.61. The number of hydrogen-bond donors (Lipinski definition) is 1. The molecule has 0 aromatic carbocycles. The number of nitrogens with one attached hydrogen (secondary N) is 1. The van der Waals surface area contributed by atoms with Crippen molar-refractivity contribution in [1.29, 1.82) is 0 Å². The normalized spacial score (nSPS) is 15.2. The Bertz CT molecular complexity index is 711. The van der Waals surface area contributed by atoms with Crippen LogP contribution in [0.2, 0.25) is 0 Å². The maximum absolute atomic E-state index is 12.5. The molecule has 0 saturated carbocycles. The Balaban J connectivity index is 1.84. The summed E-state index contributed by atoms with van der Waals surface area (Å²) in [7, 11) is 0. The fourth-order valence-electron chi connectivity index (χ4n) is 2.29. The van der Waals surface area contributed by atoms with E-state index in [4.69, 9.17) is 4.74 Å². The summed E-state index contributed by atoms with van der Waals surface area (Å²) in [6, 6.07) is 5.61. The van der Waals surface area contributed by atoms with Crippen LogP contribution < -0.4 is 10.1 Å². The number of halogens is 3. The lowest BCUT2D eigenvalue weighted by Gasteiger charge is -2.16. The molecule has 0 spiro atoms. The first-order valence-electron chi connectivity index (χ1n) is 7.10. The third-order valence-electron chi connectivity index (χ3n) is 3.39. The maximum Gasteiger partial charge on any atom is 0.433 e. The minimum atomic E-state index is -4.46. The molecular weight excluding hydrogens is 307 g/mol. The molecule has 0 bridgehead atoms. The second kappa shape index (κ2) is 6.37. The molecule has 3 rings (SSSR count). The summed E-state index contributed by atoms with van der Waals surface area (Å²) in [5.74, 6) is 0.740. The Labute approximate surface area is 131 Å². The minimum Gasteiger partial charge on any atom is -0.453 e. The lowest BCUT2D eigenvalue weighted by Crippen LogP contribution is -2.20. The molecule has 1 aliphatic heterocycles. The van der Waals surface area contributed by atoms with Crippen molar-refractivity contribution in [3.8, 4) is 11.5 Å². The fraction of sp³-hybridized carbons (Fsp3) is 0.250. The van der Waals surface area contributed by atoms with Crippen molar-refractivity contribution in [3.63, 3.8) is 0 Å². The lowest BCUT2D eigenvalue weighted by molar-refractivity contribution is -0.141. The Morgan fingerprint density at radius 2 is 2.00 bits per heavy atom. The van der Waals surface area contributed by atoms with E-state index < -0.39 is 11.9 Å². The van der Waals surface area contributed by atoms with Gasteiger partial charge in [-0.3, -0.25) is 4.98 Å². The van der Waals surface area contributed by atoms with Gasteiger partial charge in [0.15, 0.2) is 5.75 Å². The van der Waals surface area contributed by atoms with E-state index in [9.17, 15) is 13.2 Å². The van der Waals surface area contributed by atoms with Gasteiger partial charge in [-0.05, 0) is 42.8 Å². The van der Waals surface area contributed by atoms with Crippen molar-refractivity contribution in [3.05, 3.63) is 54.1 Å². The van der Waals surface area contributed by atoms with E-state index >= 15 is 0 Å². The van der Waals surface area contributed by atoms with Crippen molar-refractivity contribution in [1.82, 2.24) is 15.3 Å². The van der Waals surface area contributed by atoms with Crippen LogP contribution >= 0.6 is 0 Å². The highest BCUT2D eigenvalue weighted by Gasteiger charge is 2.32. The molecule has 0 fully saturated rings. The zero-order chi connectivity index (χ0) is 16.3. The highest BCUT2D eigenvalue weighted by molar-refractivity contribution is 5.68. The topological polar surface area (TPSA) is 47.0 Å². The molecule has 0 amide bonds. The van der Waals surface area contributed by atoms with Crippen LogP contribution in [0.4, 0.5) is 13.2 Å². The molecular formula is C16H14F3N3O. The molecule has 1 N–H and O–H groups in total. The monoisotopic (exact) mass is 321 g/mol. The Kier molecular flexibility index (Phi) is 4.29. The SMILES string of the molecule is FC(F)(F)c1ccc(Oc2cccnc2C2=CCNCC2)cn1. The average molecular weight is 321 g/mol. The molecule has 7 heteroatoms. The first-order chi connectivity index (χ1) is 11.0. The lowest BCUT2D eigenvalue weighted by atomic mass is 10.0. The number of aromatic nitrogens is 2. The number of alkyl halides is 3. The van der Waals surface area contributed by atoms with Crippen molar-refractivity contribution in [2.24, 2.45) is 0 Å². The molecule has 2 aromatic rings. The average Bonchev–Trinajstić information content (AvgIpc) is 2.56. The maximum atomic E-state index is 12.5. The third kappa shape index (κ3) is 3.68. The quantitative estimate of drug-likeness (QED) is 0.937. The van der Waals surface area contributed by atoms with E-state index in [2.05, 4.69) is 15.3 Å². The van der Waals surface area contributed by atoms with Crippen molar-refractivity contribution < 1.29 is 17.9 Å². The van der Waals surface area contributed by atoms with Crippen molar-refractivity contribution in [2.75, 3.05) is 13.1 Å². The summed E-state index contributed by atoms with van der Waals surface area (Å²) in [6.07, 6.45) is 1.12. The van der Waals surface area contributed by atoms with Gasteiger partial charge < -0.3 is 10.1 Å². The van der Waals surface area contributed by atoms with Crippen LogP contribution in [0, 0.1) is 0 Å². The van der Waals surface area contributed by atoms with Gasteiger partial charge in [-0.2, -0.15) is 13.2 Å². The molecule has 4 nitrogen and oxygen atoms in total. The number of ether oxygens (including phenoxy) is 1. The van der Waals surface area contributed by atoms with Gasteiger partial charge in [0, 0.05) is 12.7 Å². The first kappa shape index (κ1) is 15.5. The van der Waals surface area contributed by atoms with Crippen LogP contribution in [0.15, 0.2) is 42.7 Å². The van der Waals surface area contributed by atoms with Gasteiger partial charge in [-0.1, -0.05) is 6.08 Å². The van der Waals surface area contributed by atoms with Gasteiger partial charge in [0.05, 0.1) is 6.20 Å². The molecule has 120 valence electrons. The molecule has 0 unspecified atom stereocenters. The van der Waals surface area contributed by atoms with Gasteiger partial charge >= 0.3 is 6.18 Å². The molecule has 2 aromatic heterocycles. The van der Waals surface area contributed by atoms with E-state index in [1.54, 1.807) is 18.3 Å². The van der Waals surface area contributed by atoms with Crippen LogP contribution in [0.3, 0.4) is 0 Å². The molecule has 3 heterocycles. The summed E-state index contributed by atoms with van der Waals surface area (Å²) in [4.78, 5) is 7.73. The fourth-order valence-corrected chi connectivity index (χ4v) is 2.29. The number of nitrogens with zero attached hydrogens (tertiary/aromatic N) is 2. The van der Waals surface area contributed by atoms with Crippen LogP contribution in [-0.2, 0) is 6.18 Å². The second-order valence-corrected chi connectivity index (χ2v) is 5.01. The number of pyridine rings is 2. The minimum absolute atomic E-state index is 0.238. The van der Waals surface area contributed by atoms with E-state index in [1.807, 2.05) is 6.08 Å². The van der Waals surface area contributed by atoms with Crippen molar-refractivity contribution >= 4 is 5.57 Å². The molecule has 0 radical (unpaired) electrons. The van der Waals surface area contributed by atoms with E-state index in [0.717, 1.165) is 37.3 Å². The predicted molar refractivity (Wildman–Crippen MR) is 79.0 cm³/mol. The van der Waals surface area contributed by atoms with Gasteiger partial charge in [0.2, 0.25) is 0 Å². The molecule has 23 heavy (non-hydrogen) atoms. The summed E-state index contributed by atoms with van der Waals surface area (Å²) < 4.78 is 43.3. The van der Waals surface area contributed by atoms with Crippen LogP contribution in [0.1, 0.15) is 17.8 Å². The molecule has 1 aliphatic rings. The zero-order valence-corrected chi connectivity index (χ0v) is 12.1. The highest BCUT2D eigenvalue weighted by Crippen LogP contribution is 2.32. The second-order valence-electron chi connectivity index (χ2n) is 5.01. The van der Waals surface area contributed by atoms with Crippen LogP contribution in [0.25, 0.3) is 5.57 Å². The predicted octanol–water partition coefficient (Wildman–Crippen LogP) is 3.66. The molecule has 0 aliphatic carbocycles. The van der Waals surface area contributed by atoms with Gasteiger partial charge in [-0.15, -0.1) is 0 Å². The molecule has 0 saturated heterocycles. The summed E-state index contributed by atoms with van der Waals surface area (Å²) in [5.41, 5.74) is 0.811. The van der Waals surface area contributed by atoms with Crippen molar-refractivity contribution in [2.45, 2.75) is 12.6 Å². The largest absolute Gasteiger partial charge is 0.453 e. The van der Waals surface area contributed by atoms with Crippen LogP contribution in [0.5, 0.6) is 11.5 Å². The summed E-state index contributed by atoms with van der Waals surface area (Å²) >= 11 is 0.